The molecule has 1 fully saturated rings. The average Bonchev–Trinajstić information content (AvgIpc) is 3.25. The van der Waals surface area contributed by atoms with Crippen LogP contribution in [0.4, 0.5) is 0 Å². The third-order valence-electron chi connectivity index (χ3n) is 4.07. The number of furan rings is 1. The molecule has 0 bridgehead atoms. The predicted molar refractivity (Wildman–Crippen MR) is 91.4 cm³/mol. The van der Waals surface area contributed by atoms with Crippen molar-refractivity contribution in [3.05, 3.63) is 24.2 Å². The summed E-state index contributed by atoms with van der Waals surface area (Å²) in [6.45, 7) is 6.88. The molecule has 128 valence electrons. The second kappa shape index (κ2) is 9.22. The van der Waals surface area contributed by atoms with Gasteiger partial charge in [-0.05, 0) is 38.3 Å². The summed E-state index contributed by atoms with van der Waals surface area (Å²) in [5, 5.41) is 6.61. The molecule has 1 aliphatic rings. The van der Waals surface area contributed by atoms with Crippen LogP contribution < -0.4 is 10.6 Å². The summed E-state index contributed by atoms with van der Waals surface area (Å²) in [7, 11) is 0. The van der Waals surface area contributed by atoms with Gasteiger partial charge in [-0.1, -0.05) is 6.92 Å². The number of rotatable bonds is 7. The number of carbonyl (C=O) groups is 1. The summed E-state index contributed by atoms with van der Waals surface area (Å²) in [6, 6.07) is 4.15. The van der Waals surface area contributed by atoms with Crippen LogP contribution in [0, 0.1) is 0 Å². The summed E-state index contributed by atoms with van der Waals surface area (Å²) in [4.78, 5) is 18.5. The summed E-state index contributed by atoms with van der Waals surface area (Å²) >= 11 is 0. The Bertz CT molecular complexity index is 493. The van der Waals surface area contributed by atoms with E-state index in [0.717, 1.165) is 44.5 Å². The van der Waals surface area contributed by atoms with Gasteiger partial charge in [-0.3, -0.25) is 4.79 Å². The van der Waals surface area contributed by atoms with Gasteiger partial charge < -0.3 is 20.0 Å². The lowest BCUT2D eigenvalue weighted by atomic mass is 10.3. The van der Waals surface area contributed by atoms with Crippen molar-refractivity contribution in [2.45, 2.75) is 45.6 Å². The Hall–Kier alpha value is -1.98. The van der Waals surface area contributed by atoms with Crippen LogP contribution in [0.5, 0.6) is 0 Å². The lowest BCUT2D eigenvalue weighted by molar-refractivity contribution is -0.128. The summed E-state index contributed by atoms with van der Waals surface area (Å²) in [5.41, 5.74) is 0. The highest BCUT2D eigenvalue weighted by Gasteiger charge is 2.17. The first-order chi connectivity index (χ1) is 11.2. The molecule has 1 unspecified atom stereocenters. The number of amides is 1. The molecule has 0 radical (unpaired) electrons. The minimum atomic E-state index is 0.110. The first kappa shape index (κ1) is 17.4. The van der Waals surface area contributed by atoms with Crippen molar-refractivity contribution in [2.24, 2.45) is 4.99 Å². The van der Waals surface area contributed by atoms with Gasteiger partial charge in [0.15, 0.2) is 5.96 Å². The molecule has 1 amide bonds. The fraction of sp³-hybridized carbons (Fsp3) is 0.647. The van der Waals surface area contributed by atoms with Crippen LogP contribution in [0.1, 0.15) is 38.9 Å². The van der Waals surface area contributed by atoms with Crippen molar-refractivity contribution in [1.29, 1.82) is 0 Å². The number of carbonyl (C=O) groups excluding carboxylic acids is 1. The van der Waals surface area contributed by atoms with E-state index in [2.05, 4.69) is 29.5 Å². The van der Waals surface area contributed by atoms with Crippen LogP contribution in [-0.2, 0) is 11.2 Å². The van der Waals surface area contributed by atoms with Crippen LogP contribution in [0.25, 0.3) is 0 Å². The molecule has 1 aromatic rings. The van der Waals surface area contributed by atoms with Crippen molar-refractivity contribution in [3.8, 4) is 0 Å². The van der Waals surface area contributed by atoms with Gasteiger partial charge in [0.2, 0.25) is 5.91 Å². The van der Waals surface area contributed by atoms with Gasteiger partial charge in [0.1, 0.15) is 12.3 Å². The Morgan fingerprint density at radius 3 is 2.87 bits per heavy atom. The fourth-order valence-electron chi connectivity index (χ4n) is 2.46. The Labute approximate surface area is 138 Å². The van der Waals surface area contributed by atoms with Crippen molar-refractivity contribution in [2.75, 3.05) is 26.2 Å². The monoisotopic (exact) mass is 320 g/mol. The molecule has 1 aromatic heterocycles. The van der Waals surface area contributed by atoms with Crippen LogP contribution in [0.3, 0.4) is 0 Å². The van der Waals surface area contributed by atoms with Gasteiger partial charge in [0.05, 0.1) is 6.26 Å². The van der Waals surface area contributed by atoms with Gasteiger partial charge in [-0.15, -0.1) is 0 Å². The molecule has 1 saturated heterocycles. The maximum atomic E-state index is 12.1. The highest BCUT2D eigenvalue weighted by Crippen LogP contribution is 2.07. The zero-order valence-corrected chi connectivity index (χ0v) is 14.2. The first-order valence-corrected chi connectivity index (χ1v) is 8.54. The highest BCUT2D eigenvalue weighted by atomic mass is 16.3. The molecule has 0 spiro atoms. The molecule has 0 saturated carbocycles. The second-order valence-electron chi connectivity index (χ2n) is 5.96. The predicted octanol–water partition coefficient (Wildman–Crippen LogP) is 1.78. The van der Waals surface area contributed by atoms with E-state index >= 15 is 0 Å². The molecule has 2 N–H and O–H groups in total. The van der Waals surface area contributed by atoms with Crippen molar-refractivity contribution in [3.63, 3.8) is 0 Å². The summed E-state index contributed by atoms with van der Waals surface area (Å²) < 4.78 is 5.32. The highest BCUT2D eigenvalue weighted by molar-refractivity contribution is 5.85. The fourth-order valence-corrected chi connectivity index (χ4v) is 2.46. The van der Waals surface area contributed by atoms with Crippen molar-refractivity contribution >= 4 is 11.9 Å². The Balaban J connectivity index is 1.84. The standard InChI is InChI=1S/C17H28N4O2/c1-3-14(2)20-17(18-9-8-15-7-6-12-23-15)19-13-16(22)21-10-4-5-11-21/h6-7,12,14H,3-5,8-11,13H2,1-2H3,(H2,18,19,20). The first-order valence-electron chi connectivity index (χ1n) is 8.54. The number of nitrogens with zero attached hydrogens (tertiary/aromatic N) is 2. The molecular weight excluding hydrogens is 292 g/mol. The van der Waals surface area contributed by atoms with E-state index in [-0.39, 0.29) is 12.5 Å². The molecular formula is C17H28N4O2. The smallest absolute Gasteiger partial charge is 0.244 e. The maximum absolute atomic E-state index is 12.1. The molecule has 0 aliphatic carbocycles. The van der Waals surface area contributed by atoms with E-state index in [1.165, 1.54) is 0 Å². The van der Waals surface area contributed by atoms with Gasteiger partial charge in [0, 0.05) is 32.1 Å². The summed E-state index contributed by atoms with van der Waals surface area (Å²) in [6.07, 6.45) is 5.67. The number of hydrogen-bond donors (Lipinski definition) is 2. The van der Waals surface area contributed by atoms with Gasteiger partial charge in [0.25, 0.3) is 0 Å². The lowest BCUT2D eigenvalue weighted by Gasteiger charge is -2.18. The number of guanidine groups is 1. The van der Waals surface area contributed by atoms with E-state index in [1.807, 2.05) is 17.0 Å². The third-order valence-corrected chi connectivity index (χ3v) is 4.07. The van der Waals surface area contributed by atoms with Crippen LogP contribution in [-0.4, -0.2) is 49.0 Å². The Kier molecular flexibility index (Phi) is 6.97. The van der Waals surface area contributed by atoms with Gasteiger partial charge >= 0.3 is 0 Å². The second-order valence-corrected chi connectivity index (χ2v) is 5.96. The summed E-state index contributed by atoms with van der Waals surface area (Å²) in [5.74, 6) is 1.74. The minimum Gasteiger partial charge on any atom is -0.469 e. The zero-order chi connectivity index (χ0) is 16.5. The Morgan fingerprint density at radius 1 is 1.43 bits per heavy atom. The SMILES string of the molecule is CCC(C)NC(=NCC(=O)N1CCCC1)NCCc1ccco1. The average molecular weight is 320 g/mol. The quantitative estimate of drug-likeness (QED) is 0.593. The number of aliphatic imine (C=N–C) groups is 1. The topological polar surface area (TPSA) is 69.9 Å². The normalized spacial score (nSPS) is 16.4. The number of likely N-dealkylation sites (tertiary alicyclic amines) is 1. The minimum absolute atomic E-state index is 0.110. The molecule has 23 heavy (non-hydrogen) atoms. The van der Waals surface area contributed by atoms with Crippen LogP contribution in [0.2, 0.25) is 0 Å². The van der Waals surface area contributed by atoms with E-state index in [9.17, 15) is 4.79 Å². The molecule has 2 rings (SSSR count). The van der Waals surface area contributed by atoms with Crippen LogP contribution >= 0.6 is 0 Å². The molecule has 6 nitrogen and oxygen atoms in total. The van der Waals surface area contributed by atoms with E-state index in [1.54, 1.807) is 6.26 Å². The molecule has 1 atom stereocenters. The molecule has 2 heterocycles. The van der Waals surface area contributed by atoms with Gasteiger partial charge in [-0.2, -0.15) is 0 Å². The molecule has 6 heteroatoms. The van der Waals surface area contributed by atoms with Gasteiger partial charge in [-0.25, -0.2) is 4.99 Å². The molecule has 0 aromatic carbocycles. The maximum Gasteiger partial charge on any atom is 0.244 e. The van der Waals surface area contributed by atoms with Crippen molar-refractivity contribution in [1.82, 2.24) is 15.5 Å². The Morgan fingerprint density at radius 2 is 2.22 bits per heavy atom. The van der Waals surface area contributed by atoms with E-state index in [4.69, 9.17) is 4.42 Å². The zero-order valence-electron chi connectivity index (χ0n) is 14.2. The molecule has 1 aliphatic heterocycles. The number of nitrogens with one attached hydrogen (secondary N) is 2. The van der Waals surface area contributed by atoms with Crippen LogP contribution in [0.15, 0.2) is 27.8 Å². The lowest BCUT2D eigenvalue weighted by Crippen LogP contribution is -2.43. The third kappa shape index (κ3) is 5.96. The van der Waals surface area contributed by atoms with E-state index < -0.39 is 0 Å². The van der Waals surface area contributed by atoms with Crippen molar-refractivity contribution < 1.29 is 9.21 Å². The van der Waals surface area contributed by atoms with E-state index in [0.29, 0.717) is 18.5 Å². The largest absolute Gasteiger partial charge is 0.469 e. The number of hydrogen-bond acceptors (Lipinski definition) is 3.